The van der Waals surface area contributed by atoms with E-state index < -0.39 is 11.8 Å². The monoisotopic (exact) mass is 469 g/mol. The second-order valence-corrected chi connectivity index (χ2v) is 8.25. The van der Waals surface area contributed by atoms with Gasteiger partial charge >= 0.3 is 6.36 Å². The average Bonchev–Trinajstić information content (AvgIpc) is 3.30. The first-order valence-corrected chi connectivity index (χ1v) is 10.7. The van der Waals surface area contributed by atoms with Crippen LogP contribution >= 0.6 is 0 Å². The van der Waals surface area contributed by atoms with Crippen molar-refractivity contribution in [3.05, 3.63) is 77.4 Å². The van der Waals surface area contributed by atoms with Crippen LogP contribution in [0, 0.1) is 0 Å². The van der Waals surface area contributed by atoms with Gasteiger partial charge in [-0.3, -0.25) is 4.79 Å². The van der Waals surface area contributed by atoms with Crippen molar-refractivity contribution in [2.24, 2.45) is 0 Å². The smallest absolute Gasteiger partial charge is 0.491 e. The molecule has 1 unspecified atom stereocenters. The summed E-state index contributed by atoms with van der Waals surface area (Å²) in [4.78, 5) is 15.5. The number of fused-ring (bicyclic) bond motifs is 5. The molecule has 3 aliphatic heterocycles. The van der Waals surface area contributed by atoms with Gasteiger partial charge in [0.15, 0.2) is 11.5 Å². The molecule has 3 heterocycles. The van der Waals surface area contributed by atoms with Crippen molar-refractivity contribution in [2.75, 3.05) is 24.7 Å². The van der Waals surface area contributed by atoms with Crippen LogP contribution in [0.2, 0.25) is 0 Å². The number of hydrogen-bond donors (Lipinski definition) is 0. The van der Waals surface area contributed by atoms with Crippen LogP contribution < -0.4 is 23.8 Å². The van der Waals surface area contributed by atoms with Crippen molar-refractivity contribution in [2.45, 2.75) is 18.3 Å². The molecule has 174 valence electrons. The van der Waals surface area contributed by atoms with Crippen molar-refractivity contribution < 1.29 is 36.9 Å². The van der Waals surface area contributed by atoms with E-state index in [1.54, 1.807) is 30.3 Å². The zero-order valence-electron chi connectivity index (χ0n) is 17.7. The zero-order valence-corrected chi connectivity index (χ0v) is 17.7. The number of carbonyl (C=O) groups is 1. The fourth-order valence-electron chi connectivity index (χ4n) is 4.90. The van der Waals surface area contributed by atoms with Crippen molar-refractivity contribution in [3.8, 4) is 23.0 Å². The summed E-state index contributed by atoms with van der Waals surface area (Å²) in [5.74, 6) is 0.975. The van der Waals surface area contributed by atoms with Crippen LogP contribution in [0.4, 0.5) is 18.9 Å². The largest absolute Gasteiger partial charge is 0.573 e. The van der Waals surface area contributed by atoms with E-state index in [4.69, 9.17) is 14.2 Å². The summed E-state index contributed by atoms with van der Waals surface area (Å²) in [7, 11) is 0. The Labute approximate surface area is 192 Å². The number of halogens is 3. The first-order chi connectivity index (χ1) is 16.4. The van der Waals surface area contributed by atoms with Crippen LogP contribution in [0.3, 0.4) is 0 Å². The molecule has 1 spiro atoms. The Morgan fingerprint density at radius 3 is 2.38 bits per heavy atom. The number of ether oxygens (including phenoxy) is 4. The third kappa shape index (κ3) is 3.07. The quantitative estimate of drug-likeness (QED) is 0.562. The van der Waals surface area contributed by atoms with E-state index >= 15 is 0 Å². The molecule has 0 fully saturated rings. The highest BCUT2D eigenvalue weighted by atomic mass is 19.4. The summed E-state index contributed by atoms with van der Waals surface area (Å²) < 4.78 is 60.4. The number of hydrogen-bond acceptors (Lipinski definition) is 5. The second kappa shape index (κ2) is 7.31. The molecule has 0 aromatic heterocycles. The molecular weight excluding hydrogens is 451 g/mol. The average molecular weight is 469 g/mol. The molecule has 3 aliphatic rings. The highest BCUT2D eigenvalue weighted by Crippen LogP contribution is 2.55. The van der Waals surface area contributed by atoms with Gasteiger partial charge in [0, 0.05) is 22.9 Å². The predicted octanol–water partition coefficient (Wildman–Crippen LogP) is 4.58. The van der Waals surface area contributed by atoms with Gasteiger partial charge in [-0.25, -0.2) is 0 Å². The summed E-state index contributed by atoms with van der Waals surface area (Å²) >= 11 is 0. The van der Waals surface area contributed by atoms with Gasteiger partial charge in [-0.15, -0.1) is 13.2 Å². The lowest BCUT2D eigenvalue weighted by Gasteiger charge is -2.25. The minimum absolute atomic E-state index is 0.0677. The second-order valence-electron chi connectivity index (χ2n) is 8.25. The molecular formula is C25H18F3NO5. The number of rotatable bonds is 3. The SMILES string of the molecule is O=C1N(Cc2ccccc2OC(F)(F)F)c2ccccc2C12COc1cc3c(cc12)OCCO3. The molecule has 0 bridgehead atoms. The van der Waals surface area contributed by atoms with E-state index in [0.717, 1.165) is 5.56 Å². The maximum Gasteiger partial charge on any atom is 0.573 e. The number of carbonyl (C=O) groups excluding carboxylic acids is 1. The molecule has 6 rings (SSSR count). The van der Waals surface area contributed by atoms with Crippen LogP contribution in [-0.2, 0) is 16.8 Å². The van der Waals surface area contributed by atoms with Crippen molar-refractivity contribution in [3.63, 3.8) is 0 Å². The summed E-state index contributed by atoms with van der Waals surface area (Å²) in [5.41, 5.74) is 1.09. The summed E-state index contributed by atoms with van der Waals surface area (Å²) in [6.45, 7) is 0.792. The number of alkyl halides is 3. The Bertz CT molecular complexity index is 1310. The van der Waals surface area contributed by atoms with Crippen molar-refractivity contribution in [1.29, 1.82) is 0 Å². The Hall–Kier alpha value is -3.88. The Morgan fingerprint density at radius 1 is 0.882 bits per heavy atom. The van der Waals surface area contributed by atoms with E-state index in [1.807, 2.05) is 12.1 Å². The maximum absolute atomic E-state index is 14.0. The fourth-order valence-corrected chi connectivity index (χ4v) is 4.90. The zero-order chi connectivity index (χ0) is 23.5. The summed E-state index contributed by atoms with van der Waals surface area (Å²) in [6, 6.07) is 16.6. The van der Waals surface area contributed by atoms with E-state index in [2.05, 4.69) is 4.74 Å². The van der Waals surface area contributed by atoms with Crippen LogP contribution in [-0.4, -0.2) is 32.1 Å². The maximum atomic E-state index is 14.0. The molecule has 1 atom stereocenters. The van der Waals surface area contributed by atoms with Gasteiger partial charge in [0.25, 0.3) is 0 Å². The molecule has 3 aromatic rings. The standard InChI is InChI=1S/C25H18F3NO5/c26-25(27,28)34-19-8-4-1-5-15(19)13-29-18-7-3-2-6-16(18)24(23(29)30)14-33-20-12-22-21(11-17(20)24)31-9-10-32-22/h1-8,11-12H,9-10,13-14H2. The molecule has 3 aromatic carbocycles. The van der Waals surface area contributed by atoms with Crippen molar-refractivity contribution in [1.82, 2.24) is 0 Å². The molecule has 0 radical (unpaired) electrons. The first kappa shape index (κ1) is 20.7. The van der Waals surface area contributed by atoms with Crippen LogP contribution in [0.15, 0.2) is 60.7 Å². The van der Waals surface area contributed by atoms with Gasteiger partial charge in [0.05, 0.1) is 6.54 Å². The topological polar surface area (TPSA) is 57.2 Å². The van der Waals surface area contributed by atoms with Crippen LogP contribution in [0.1, 0.15) is 16.7 Å². The fraction of sp³-hybridized carbons (Fsp3) is 0.240. The van der Waals surface area contributed by atoms with Gasteiger partial charge in [0.1, 0.15) is 36.7 Å². The van der Waals surface area contributed by atoms with E-state index in [1.165, 1.54) is 23.1 Å². The molecule has 1 amide bonds. The minimum atomic E-state index is -4.84. The lowest BCUT2D eigenvalue weighted by molar-refractivity contribution is -0.274. The molecule has 6 nitrogen and oxygen atoms in total. The third-order valence-corrected chi connectivity index (χ3v) is 6.34. The molecule has 0 aliphatic carbocycles. The summed E-state index contributed by atoms with van der Waals surface area (Å²) in [6.07, 6.45) is -4.84. The molecule has 0 saturated carbocycles. The van der Waals surface area contributed by atoms with Gasteiger partial charge in [-0.1, -0.05) is 36.4 Å². The van der Waals surface area contributed by atoms with E-state index in [9.17, 15) is 18.0 Å². The highest BCUT2D eigenvalue weighted by Gasteiger charge is 2.57. The van der Waals surface area contributed by atoms with Gasteiger partial charge < -0.3 is 23.8 Å². The Kier molecular flexibility index (Phi) is 4.45. The van der Waals surface area contributed by atoms with Gasteiger partial charge in [-0.05, 0) is 23.8 Å². The van der Waals surface area contributed by atoms with Crippen LogP contribution in [0.5, 0.6) is 23.0 Å². The number of para-hydroxylation sites is 2. The predicted molar refractivity (Wildman–Crippen MR) is 114 cm³/mol. The van der Waals surface area contributed by atoms with Crippen LogP contribution in [0.25, 0.3) is 0 Å². The molecule has 34 heavy (non-hydrogen) atoms. The Morgan fingerprint density at radius 2 is 1.59 bits per heavy atom. The molecule has 0 N–H and O–H groups in total. The van der Waals surface area contributed by atoms with Gasteiger partial charge in [0.2, 0.25) is 5.91 Å². The summed E-state index contributed by atoms with van der Waals surface area (Å²) in [5, 5.41) is 0. The van der Waals surface area contributed by atoms with E-state index in [-0.39, 0.29) is 30.4 Å². The Balaban J connectivity index is 1.44. The molecule has 0 saturated heterocycles. The highest BCUT2D eigenvalue weighted by molar-refractivity contribution is 6.11. The molecule has 9 heteroatoms. The van der Waals surface area contributed by atoms with Crippen molar-refractivity contribution >= 4 is 11.6 Å². The number of amides is 1. The van der Waals surface area contributed by atoms with E-state index in [0.29, 0.717) is 41.7 Å². The minimum Gasteiger partial charge on any atom is -0.491 e. The van der Waals surface area contributed by atoms with Gasteiger partial charge in [-0.2, -0.15) is 0 Å². The third-order valence-electron chi connectivity index (χ3n) is 6.34. The first-order valence-electron chi connectivity index (χ1n) is 10.7. The normalized spacial score (nSPS) is 20.2. The number of anilines is 1. The lowest BCUT2D eigenvalue weighted by Crippen LogP contribution is -2.42. The number of benzene rings is 3. The lowest BCUT2D eigenvalue weighted by atomic mass is 9.77. The number of nitrogens with zero attached hydrogens (tertiary/aromatic N) is 1.